The highest BCUT2D eigenvalue weighted by Gasteiger charge is 2.75. The number of para-hydroxylation sites is 1. The maximum Gasteiger partial charge on any atom is 0.329 e. The van der Waals surface area contributed by atoms with Crippen LogP contribution in [0.2, 0.25) is 0 Å². The molecule has 6 aromatic rings. The molecule has 0 radical (unpaired) electrons. The Balaban J connectivity index is 1.36. The smallest absolute Gasteiger partial charge is 0.329 e. The molecule has 0 saturated carbocycles. The molecule has 5 aromatic carbocycles. The number of fused-ring (bicyclic) bond motifs is 4. The van der Waals surface area contributed by atoms with Crippen LogP contribution in [-0.2, 0) is 34.1 Å². The number of esters is 2. The summed E-state index contributed by atoms with van der Waals surface area (Å²) in [7, 11) is 1.19. The number of nitrogens with one attached hydrogen (secondary N) is 3. The van der Waals surface area contributed by atoms with Crippen LogP contribution in [0.5, 0.6) is 5.75 Å². The molecular weight excluding hydrogens is 927 g/mol. The number of ether oxygens (including phenoxy) is 3. The SMILES string of the molecule is COC(=O)[C@@H](NC(=O)N1C(=O)[C@@]2(c3cc(C#CCNC(N)=O)ccc31)[C@H](c1cccc(OCCO)c1)N1[C@H](c3ccccc3)[C@H](c3ccccc3)OC(=O)[C@H]1[C@@H]2C(=O)Nc1nc2ccccc2s1)C(C)C. The van der Waals surface area contributed by atoms with E-state index in [-0.39, 0.29) is 36.1 Å². The van der Waals surface area contributed by atoms with Crippen molar-refractivity contribution in [3.8, 4) is 17.6 Å². The minimum Gasteiger partial charge on any atom is -0.491 e. The fourth-order valence-corrected chi connectivity index (χ4v) is 11.0. The molecule has 3 aliphatic heterocycles. The van der Waals surface area contributed by atoms with Crippen molar-refractivity contribution in [3.05, 3.63) is 155 Å². The first-order valence-corrected chi connectivity index (χ1v) is 23.7. The summed E-state index contributed by atoms with van der Waals surface area (Å²) in [4.78, 5) is 95.5. The molecule has 2 fully saturated rings. The zero-order valence-corrected chi connectivity index (χ0v) is 39.6. The quantitative estimate of drug-likeness (QED) is 0.0713. The second kappa shape index (κ2) is 20.1. The molecule has 3 aliphatic rings. The molecule has 18 heteroatoms. The minimum absolute atomic E-state index is 0.0419. The third-order valence-corrected chi connectivity index (χ3v) is 13.9. The Hall–Kier alpha value is -8.11. The zero-order chi connectivity index (χ0) is 50.0. The first-order chi connectivity index (χ1) is 34.4. The maximum atomic E-state index is 16.7. The highest BCUT2D eigenvalue weighted by atomic mass is 32.1. The van der Waals surface area contributed by atoms with Crippen molar-refractivity contribution in [3.63, 3.8) is 0 Å². The Morgan fingerprint density at radius 2 is 1.59 bits per heavy atom. The van der Waals surface area contributed by atoms with Gasteiger partial charge in [0.2, 0.25) is 11.8 Å². The van der Waals surface area contributed by atoms with Gasteiger partial charge in [0.25, 0.3) is 0 Å². The third kappa shape index (κ3) is 8.79. The second-order valence-corrected chi connectivity index (χ2v) is 18.5. The number of aliphatic hydroxyl groups is 1. The molecule has 0 bridgehead atoms. The van der Waals surface area contributed by atoms with Crippen molar-refractivity contribution in [2.75, 3.05) is 37.1 Å². The normalized spacial score (nSPS) is 21.6. The average Bonchev–Trinajstić information content (AvgIpc) is 4.02. The molecular formula is C53H49N7O10S. The number of morpholine rings is 1. The Kier molecular flexibility index (Phi) is 13.6. The summed E-state index contributed by atoms with van der Waals surface area (Å²) in [6, 6.07) is 30.5. The number of aliphatic hydroxyl groups excluding tert-OH is 1. The number of amides is 6. The Morgan fingerprint density at radius 3 is 2.28 bits per heavy atom. The van der Waals surface area contributed by atoms with Crippen LogP contribution >= 0.6 is 11.3 Å². The van der Waals surface area contributed by atoms with Crippen LogP contribution in [0, 0.1) is 23.7 Å². The molecule has 6 amide bonds. The van der Waals surface area contributed by atoms with Gasteiger partial charge in [-0.3, -0.25) is 19.3 Å². The molecule has 9 rings (SSSR count). The van der Waals surface area contributed by atoms with Gasteiger partial charge in [0.15, 0.2) is 5.13 Å². The number of cyclic esters (lactones) is 1. The summed E-state index contributed by atoms with van der Waals surface area (Å²) in [6.45, 7) is 2.90. The van der Waals surface area contributed by atoms with Gasteiger partial charge < -0.3 is 41.0 Å². The lowest BCUT2D eigenvalue weighted by atomic mass is 9.65. The van der Waals surface area contributed by atoms with E-state index in [1.165, 1.54) is 24.5 Å². The number of carbonyl (C=O) groups excluding carboxylic acids is 6. The number of carbonyl (C=O) groups is 6. The molecule has 1 aromatic heterocycles. The number of nitrogens with zero attached hydrogens (tertiary/aromatic N) is 3. The number of hydrogen-bond donors (Lipinski definition) is 5. The van der Waals surface area contributed by atoms with Crippen LogP contribution in [-0.4, -0.2) is 89.8 Å². The van der Waals surface area contributed by atoms with Gasteiger partial charge in [-0.2, -0.15) is 0 Å². The monoisotopic (exact) mass is 975 g/mol. The van der Waals surface area contributed by atoms with Gasteiger partial charge in [-0.1, -0.05) is 122 Å². The van der Waals surface area contributed by atoms with Crippen molar-refractivity contribution in [1.29, 1.82) is 0 Å². The Morgan fingerprint density at radius 1 is 0.887 bits per heavy atom. The van der Waals surface area contributed by atoms with E-state index in [2.05, 4.69) is 27.8 Å². The van der Waals surface area contributed by atoms with Crippen LogP contribution in [0.3, 0.4) is 0 Å². The molecule has 4 heterocycles. The molecule has 0 unspecified atom stereocenters. The molecule has 1 spiro atoms. The van der Waals surface area contributed by atoms with Crippen molar-refractivity contribution in [2.24, 2.45) is 17.6 Å². The van der Waals surface area contributed by atoms with Gasteiger partial charge in [0, 0.05) is 5.56 Å². The second-order valence-electron chi connectivity index (χ2n) is 17.5. The van der Waals surface area contributed by atoms with E-state index in [0.717, 1.165) is 9.60 Å². The lowest BCUT2D eigenvalue weighted by Crippen LogP contribution is -2.57. The number of rotatable bonds is 12. The standard InChI is InChI=1S/C53H49N7O10S/c1-30(2)41(47(63)68-3)57-52(67)59-38-24-23-31(14-13-25-55-50(54)66)28-36(38)53(49(59)65)40(46(62)58-51-56-37-21-10-11-22-39(37)71-51)43-48(64)70-44(33-17-8-5-9-18-33)42(32-15-6-4-7-16-32)60(43)45(53)34-19-12-20-35(29-34)69-27-26-61/h4-12,15-24,28-30,40-45,61H,25-27H2,1-3H3,(H,57,67)(H3,54,55,66)(H,56,58,62)/t40-,41+,42-,43-,44+,45+,53-/m1/s1. The molecule has 6 N–H and O–H groups in total. The highest BCUT2D eigenvalue weighted by molar-refractivity contribution is 7.22. The highest BCUT2D eigenvalue weighted by Crippen LogP contribution is 2.66. The molecule has 71 heavy (non-hydrogen) atoms. The predicted octanol–water partition coefficient (Wildman–Crippen LogP) is 5.90. The van der Waals surface area contributed by atoms with E-state index in [1.807, 2.05) is 83.8 Å². The summed E-state index contributed by atoms with van der Waals surface area (Å²) in [5, 5.41) is 18.2. The molecule has 362 valence electrons. The lowest BCUT2D eigenvalue weighted by Gasteiger charge is -2.46. The number of hydrogen-bond acceptors (Lipinski definition) is 13. The number of primary amides is 1. The zero-order valence-electron chi connectivity index (χ0n) is 38.7. The number of aromatic nitrogens is 1. The topological polar surface area (TPSA) is 232 Å². The van der Waals surface area contributed by atoms with Crippen LogP contribution in [0.15, 0.2) is 127 Å². The van der Waals surface area contributed by atoms with Gasteiger partial charge in [-0.05, 0) is 70.6 Å². The van der Waals surface area contributed by atoms with Crippen molar-refractivity contribution < 1.29 is 48.1 Å². The van der Waals surface area contributed by atoms with E-state index >= 15 is 19.2 Å². The number of benzene rings is 5. The molecule has 17 nitrogen and oxygen atoms in total. The van der Waals surface area contributed by atoms with E-state index in [9.17, 15) is 14.7 Å². The van der Waals surface area contributed by atoms with Crippen LogP contribution in [0.1, 0.15) is 59.9 Å². The summed E-state index contributed by atoms with van der Waals surface area (Å²) in [6.07, 6.45) is -1.00. The number of imide groups is 1. The number of anilines is 2. The Bertz CT molecular complexity index is 3070. The molecule has 2 saturated heterocycles. The summed E-state index contributed by atoms with van der Waals surface area (Å²) >= 11 is 1.20. The summed E-state index contributed by atoms with van der Waals surface area (Å²) in [5.74, 6) is 0.738. The largest absolute Gasteiger partial charge is 0.491 e. The summed E-state index contributed by atoms with van der Waals surface area (Å²) in [5.41, 5.74) is 5.93. The molecule has 7 atom stereocenters. The molecule has 0 aliphatic carbocycles. The van der Waals surface area contributed by atoms with E-state index in [0.29, 0.717) is 33.5 Å². The van der Waals surface area contributed by atoms with Gasteiger partial charge in [-0.25, -0.2) is 24.3 Å². The van der Waals surface area contributed by atoms with E-state index in [4.69, 9.17) is 24.9 Å². The predicted molar refractivity (Wildman–Crippen MR) is 263 cm³/mol. The number of nitrogens with two attached hydrogens (primary N) is 1. The van der Waals surface area contributed by atoms with Gasteiger partial charge in [-0.15, -0.1) is 0 Å². The number of methoxy groups -OCH3 is 1. The van der Waals surface area contributed by atoms with E-state index in [1.54, 1.807) is 56.3 Å². The maximum absolute atomic E-state index is 16.7. The number of urea groups is 2. The van der Waals surface area contributed by atoms with Crippen molar-refractivity contribution >= 4 is 68.2 Å². The van der Waals surface area contributed by atoms with Crippen molar-refractivity contribution in [2.45, 2.75) is 49.5 Å². The lowest BCUT2D eigenvalue weighted by molar-refractivity contribution is -0.177. The van der Waals surface area contributed by atoms with Crippen LogP contribution < -0.4 is 31.3 Å². The third-order valence-electron chi connectivity index (χ3n) is 13.0. The Labute approximate surface area is 412 Å². The number of thiazole rings is 1. The first kappa shape index (κ1) is 47.9. The van der Waals surface area contributed by atoms with Crippen molar-refractivity contribution in [1.82, 2.24) is 20.5 Å². The van der Waals surface area contributed by atoms with Crippen LogP contribution in [0.4, 0.5) is 20.4 Å². The minimum atomic E-state index is -2.22. The van der Waals surface area contributed by atoms with Gasteiger partial charge >= 0.3 is 24.0 Å². The summed E-state index contributed by atoms with van der Waals surface area (Å²) < 4.78 is 18.4. The average molecular weight is 976 g/mol. The fourth-order valence-electron chi connectivity index (χ4n) is 10.1. The van der Waals surface area contributed by atoms with Gasteiger partial charge in [0.1, 0.15) is 36.0 Å². The van der Waals surface area contributed by atoms with Crippen LogP contribution in [0.25, 0.3) is 10.2 Å². The first-order valence-electron chi connectivity index (χ1n) is 22.8. The van der Waals surface area contributed by atoms with Gasteiger partial charge in [0.05, 0.1) is 54.2 Å². The fraction of sp³-hybridized carbons (Fsp3) is 0.264. The van der Waals surface area contributed by atoms with E-state index < -0.39 is 83.3 Å².